The van der Waals surface area contributed by atoms with Crippen molar-refractivity contribution < 1.29 is 14.3 Å². The normalized spacial score (nSPS) is 20.8. The van der Waals surface area contributed by atoms with E-state index in [0.29, 0.717) is 0 Å². The molecule has 2 rings (SSSR count). The van der Waals surface area contributed by atoms with Crippen LogP contribution in [-0.4, -0.2) is 36.2 Å². The standard InChI is InChI=1S/C18H27N3O3/c1-12(2)19-17(22)13(3)20-15-9-16(10-15)21-18(23)24-11-14-7-5-4-6-8-14/h4-8,12-13,15-16,20H,9-11H2,1-3H3,(H,19,22)(H,21,23). The van der Waals surface area contributed by atoms with Gasteiger partial charge in [-0.1, -0.05) is 30.3 Å². The first kappa shape index (κ1) is 18.3. The van der Waals surface area contributed by atoms with Crippen molar-refractivity contribution in [3.05, 3.63) is 35.9 Å². The Morgan fingerprint density at radius 1 is 1.12 bits per heavy atom. The molecule has 1 fully saturated rings. The zero-order valence-corrected chi connectivity index (χ0v) is 14.5. The lowest BCUT2D eigenvalue weighted by Crippen LogP contribution is -2.57. The van der Waals surface area contributed by atoms with E-state index in [1.807, 2.05) is 51.1 Å². The molecule has 0 heterocycles. The zero-order valence-electron chi connectivity index (χ0n) is 14.5. The van der Waals surface area contributed by atoms with Crippen molar-refractivity contribution in [1.82, 2.24) is 16.0 Å². The summed E-state index contributed by atoms with van der Waals surface area (Å²) in [5.74, 6) is 0.00341. The smallest absolute Gasteiger partial charge is 0.407 e. The maximum absolute atomic E-state index is 11.8. The van der Waals surface area contributed by atoms with Gasteiger partial charge in [0.25, 0.3) is 0 Å². The van der Waals surface area contributed by atoms with E-state index in [1.54, 1.807) is 0 Å². The van der Waals surface area contributed by atoms with Gasteiger partial charge >= 0.3 is 6.09 Å². The van der Waals surface area contributed by atoms with Gasteiger partial charge in [-0.25, -0.2) is 4.79 Å². The predicted molar refractivity (Wildman–Crippen MR) is 92.4 cm³/mol. The van der Waals surface area contributed by atoms with Crippen LogP contribution in [0, 0.1) is 0 Å². The lowest BCUT2D eigenvalue weighted by molar-refractivity contribution is -0.123. The van der Waals surface area contributed by atoms with Crippen molar-refractivity contribution >= 4 is 12.0 Å². The van der Waals surface area contributed by atoms with E-state index in [0.717, 1.165) is 18.4 Å². The molecular weight excluding hydrogens is 306 g/mol. The Morgan fingerprint density at radius 2 is 1.79 bits per heavy atom. The van der Waals surface area contributed by atoms with Crippen LogP contribution in [0.1, 0.15) is 39.2 Å². The molecule has 132 valence electrons. The Bertz CT molecular complexity index is 542. The second-order valence-corrected chi connectivity index (χ2v) is 6.62. The number of hydrogen-bond acceptors (Lipinski definition) is 4. The molecule has 1 aliphatic rings. The van der Waals surface area contributed by atoms with Crippen molar-refractivity contribution in [2.45, 2.75) is 64.4 Å². The van der Waals surface area contributed by atoms with Crippen molar-refractivity contribution in [2.24, 2.45) is 0 Å². The third-order valence-electron chi connectivity index (χ3n) is 3.98. The number of ether oxygens (including phenoxy) is 1. The van der Waals surface area contributed by atoms with E-state index in [4.69, 9.17) is 4.74 Å². The van der Waals surface area contributed by atoms with Crippen LogP contribution >= 0.6 is 0 Å². The molecule has 0 saturated heterocycles. The quantitative estimate of drug-likeness (QED) is 0.712. The first-order valence-corrected chi connectivity index (χ1v) is 8.47. The summed E-state index contributed by atoms with van der Waals surface area (Å²) in [6.45, 7) is 6.00. The van der Waals surface area contributed by atoms with Gasteiger partial charge in [0, 0.05) is 18.1 Å². The molecule has 1 aromatic carbocycles. The highest BCUT2D eigenvalue weighted by molar-refractivity contribution is 5.81. The molecule has 0 spiro atoms. The van der Waals surface area contributed by atoms with Crippen molar-refractivity contribution in [2.75, 3.05) is 0 Å². The fourth-order valence-corrected chi connectivity index (χ4v) is 2.64. The lowest BCUT2D eigenvalue weighted by atomic mass is 9.86. The highest BCUT2D eigenvalue weighted by Crippen LogP contribution is 2.20. The summed E-state index contributed by atoms with van der Waals surface area (Å²) in [5.41, 5.74) is 0.964. The van der Waals surface area contributed by atoms with Crippen LogP contribution in [0.25, 0.3) is 0 Å². The Labute approximate surface area is 143 Å². The molecule has 1 aromatic rings. The van der Waals surface area contributed by atoms with E-state index in [2.05, 4.69) is 16.0 Å². The molecule has 6 nitrogen and oxygen atoms in total. The van der Waals surface area contributed by atoms with Gasteiger partial charge in [-0.05, 0) is 39.2 Å². The second-order valence-electron chi connectivity index (χ2n) is 6.62. The van der Waals surface area contributed by atoms with Gasteiger partial charge in [-0.3, -0.25) is 4.79 Å². The molecule has 1 aliphatic carbocycles. The summed E-state index contributed by atoms with van der Waals surface area (Å²) in [7, 11) is 0. The summed E-state index contributed by atoms with van der Waals surface area (Å²) in [6, 6.07) is 9.84. The molecule has 1 atom stereocenters. The minimum atomic E-state index is -0.395. The Morgan fingerprint density at radius 3 is 2.42 bits per heavy atom. The van der Waals surface area contributed by atoms with Crippen molar-refractivity contribution in [1.29, 1.82) is 0 Å². The van der Waals surface area contributed by atoms with Gasteiger partial charge in [0.15, 0.2) is 0 Å². The third kappa shape index (κ3) is 5.85. The summed E-state index contributed by atoms with van der Waals surface area (Å²) >= 11 is 0. The molecule has 0 aliphatic heterocycles. The molecule has 3 N–H and O–H groups in total. The molecule has 0 bridgehead atoms. The van der Waals surface area contributed by atoms with Crippen molar-refractivity contribution in [3.63, 3.8) is 0 Å². The van der Waals surface area contributed by atoms with Gasteiger partial charge in [0.1, 0.15) is 6.61 Å². The van der Waals surface area contributed by atoms with Crippen LogP contribution in [-0.2, 0) is 16.1 Å². The highest BCUT2D eigenvalue weighted by atomic mass is 16.5. The zero-order chi connectivity index (χ0) is 17.5. The molecule has 6 heteroatoms. The summed E-state index contributed by atoms with van der Waals surface area (Å²) in [5, 5.41) is 9.01. The summed E-state index contributed by atoms with van der Waals surface area (Å²) in [4.78, 5) is 23.6. The predicted octanol–water partition coefficient (Wildman–Crippen LogP) is 1.95. The topological polar surface area (TPSA) is 79.5 Å². The molecule has 1 unspecified atom stereocenters. The number of amides is 2. The van der Waals surface area contributed by atoms with Crippen molar-refractivity contribution in [3.8, 4) is 0 Å². The molecular formula is C18H27N3O3. The molecule has 0 radical (unpaired) electrons. The Balaban J connectivity index is 1.60. The minimum absolute atomic E-state index is 0.00341. The number of carbonyl (C=O) groups is 2. The fraction of sp³-hybridized carbons (Fsp3) is 0.556. The molecule has 2 amide bonds. The van der Waals surface area contributed by atoms with Gasteiger partial charge in [0.2, 0.25) is 5.91 Å². The Hall–Kier alpha value is -2.08. The summed E-state index contributed by atoms with van der Waals surface area (Å²) < 4.78 is 5.20. The number of benzene rings is 1. The van der Waals surface area contributed by atoms with Crippen LogP contribution in [0.4, 0.5) is 4.79 Å². The minimum Gasteiger partial charge on any atom is -0.445 e. The van der Waals surface area contributed by atoms with Crippen LogP contribution in [0.15, 0.2) is 30.3 Å². The first-order valence-electron chi connectivity index (χ1n) is 8.47. The first-order chi connectivity index (χ1) is 11.4. The van der Waals surface area contributed by atoms with E-state index in [-0.39, 0.29) is 36.7 Å². The van der Waals surface area contributed by atoms with Gasteiger partial charge in [-0.15, -0.1) is 0 Å². The van der Waals surface area contributed by atoms with E-state index in [1.165, 1.54) is 0 Å². The summed E-state index contributed by atoms with van der Waals surface area (Å²) in [6.07, 6.45) is 1.22. The molecule has 1 saturated carbocycles. The lowest BCUT2D eigenvalue weighted by Gasteiger charge is -2.37. The average molecular weight is 333 g/mol. The van der Waals surface area contributed by atoms with E-state index >= 15 is 0 Å². The van der Waals surface area contributed by atoms with Crippen LogP contribution in [0.3, 0.4) is 0 Å². The average Bonchev–Trinajstić information content (AvgIpc) is 2.51. The van der Waals surface area contributed by atoms with Crippen LogP contribution in [0.2, 0.25) is 0 Å². The van der Waals surface area contributed by atoms with Gasteiger partial charge in [0.05, 0.1) is 6.04 Å². The van der Waals surface area contributed by atoms with Gasteiger partial charge < -0.3 is 20.7 Å². The van der Waals surface area contributed by atoms with E-state index < -0.39 is 6.09 Å². The number of hydrogen-bond donors (Lipinski definition) is 3. The number of carbonyl (C=O) groups excluding carboxylic acids is 2. The van der Waals surface area contributed by atoms with Crippen LogP contribution in [0.5, 0.6) is 0 Å². The number of alkyl carbamates (subject to hydrolysis) is 1. The monoisotopic (exact) mass is 333 g/mol. The SMILES string of the molecule is CC(C)NC(=O)C(C)NC1CC(NC(=O)OCc2ccccc2)C1. The second kappa shape index (κ2) is 8.68. The largest absolute Gasteiger partial charge is 0.445 e. The maximum Gasteiger partial charge on any atom is 0.407 e. The molecule has 24 heavy (non-hydrogen) atoms. The maximum atomic E-state index is 11.8. The number of rotatable bonds is 7. The Kier molecular flexibility index (Phi) is 6.61. The highest BCUT2D eigenvalue weighted by Gasteiger charge is 2.32. The number of nitrogens with one attached hydrogen (secondary N) is 3. The third-order valence-corrected chi connectivity index (χ3v) is 3.98. The fourth-order valence-electron chi connectivity index (χ4n) is 2.64. The van der Waals surface area contributed by atoms with Gasteiger partial charge in [-0.2, -0.15) is 0 Å². The van der Waals surface area contributed by atoms with E-state index in [9.17, 15) is 9.59 Å². The molecule has 0 aromatic heterocycles. The van der Waals surface area contributed by atoms with Crippen LogP contribution < -0.4 is 16.0 Å².